The molecule has 0 fully saturated rings. The molecule has 2 aromatic rings. The summed E-state index contributed by atoms with van der Waals surface area (Å²) in [5, 5.41) is 6.40. The fourth-order valence-electron chi connectivity index (χ4n) is 1.85. The van der Waals surface area contributed by atoms with Crippen molar-refractivity contribution in [3.8, 4) is 0 Å². The zero-order valence-electron chi connectivity index (χ0n) is 13.0. The number of anilines is 1. The summed E-state index contributed by atoms with van der Waals surface area (Å²) in [5.41, 5.74) is 2.40. The molecular formula is C18H16Cl2N2O2. The van der Waals surface area contributed by atoms with Gasteiger partial charge in [0, 0.05) is 21.8 Å². The number of benzene rings is 2. The molecular weight excluding hydrogens is 347 g/mol. The highest BCUT2D eigenvalue weighted by Crippen LogP contribution is 2.17. The Bertz CT molecular complexity index is 771. The van der Waals surface area contributed by atoms with Crippen LogP contribution in [0.2, 0.25) is 10.0 Å². The van der Waals surface area contributed by atoms with Crippen LogP contribution in [0.1, 0.15) is 11.1 Å². The third kappa shape index (κ3) is 5.72. The first-order valence-electron chi connectivity index (χ1n) is 7.21. The number of hydrogen-bond donors (Lipinski definition) is 2. The van der Waals surface area contributed by atoms with Gasteiger partial charge in [0.2, 0.25) is 11.8 Å². The van der Waals surface area contributed by atoms with Crippen molar-refractivity contribution in [1.29, 1.82) is 0 Å². The summed E-state index contributed by atoms with van der Waals surface area (Å²) in [6.07, 6.45) is 2.99. The molecule has 0 bridgehead atoms. The SMILES string of the molecule is Cc1ccc(/C=C/C(=O)NCC(=O)Nc2ccc(Cl)cc2)cc1Cl. The van der Waals surface area contributed by atoms with Gasteiger partial charge >= 0.3 is 0 Å². The molecule has 0 radical (unpaired) electrons. The van der Waals surface area contributed by atoms with Crippen LogP contribution in [0, 0.1) is 6.92 Å². The summed E-state index contributed by atoms with van der Waals surface area (Å²) >= 11 is 11.8. The quantitative estimate of drug-likeness (QED) is 0.787. The molecule has 0 heterocycles. The predicted molar refractivity (Wildman–Crippen MR) is 98.3 cm³/mol. The molecule has 2 rings (SSSR count). The summed E-state index contributed by atoms with van der Waals surface area (Å²) in [7, 11) is 0. The van der Waals surface area contributed by atoms with E-state index in [0.717, 1.165) is 11.1 Å². The van der Waals surface area contributed by atoms with E-state index < -0.39 is 0 Å². The van der Waals surface area contributed by atoms with Crippen LogP contribution in [0.5, 0.6) is 0 Å². The maximum atomic E-state index is 11.8. The Morgan fingerprint density at radius 2 is 1.79 bits per heavy atom. The third-order valence-corrected chi connectivity index (χ3v) is 3.83. The van der Waals surface area contributed by atoms with Gasteiger partial charge < -0.3 is 10.6 Å². The molecule has 2 amide bonds. The summed E-state index contributed by atoms with van der Waals surface area (Å²) in [5.74, 6) is -0.685. The normalized spacial score (nSPS) is 10.6. The molecule has 0 aromatic heterocycles. The van der Waals surface area contributed by atoms with Crippen LogP contribution in [0.25, 0.3) is 6.08 Å². The Balaban J connectivity index is 1.81. The van der Waals surface area contributed by atoms with Crippen molar-refractivity contribution in [3.05, 3.63) is 69.7 Å². The number of rotatable bonds is 5. The predicted octanol–water partition coefficient (Wildman–Crippen LogP) is 4.07. The average molecular weight is 363 g/mol. The average Bonchev–Trinajstić information content (AvgIpc) is 2.56. The second-order valence-electron chi connectivity index (χ2n) is 5.11. The third-order valence-electron chi connectivity index (χ3n) is 3.17. The van der Waals surface area contributed by atoms with Gasteiger partial charge in [0.1, 0.15) is 0 Å². The van der Waals surface area contributed by atoms with Crippen molar-refractivity contribution < 1.29 is 9.59 Å². The Morgan fingerprint density at radius 1 is 1.08 bits per heavy atom. The molecule has 0 aliphatic heterocycles. The lowest BCUT2D eigenvalue weighted by Gasteiger charge is -2.05. The van der Waals surface area contributed by atoms with Crippen LogP contribution in [-0.4, -0.2) is 18.4 Å². The van der Waals surface area contributed by atoms with E-state index in [1.54, 1.807) is 36.4 Å². The van der Waals surface area contributed by atoms with Gasteiger partial charge in [-0.25, -0.2) is 0 Å². The zero-order valence-corrected chi connectivity index (χ0v) is 14.5. The topological polar surface area (TPSA) is 58.2 Å². The molecule has 24 heavy (non-hydrogen) atoms. The molecule has 6 heteroatoms. The summed E-state index contributed by atoms with van der Waals surface area (Å²) < 4.78 is 0. The number of carbonyl (C=O) groups is 2. The van der Waals surface area contributed by atoms with Crippen LogP contribution in [0.3, 0.4) is 0 Å². The van der Waals surface area contributed by atoms with Crippen molar-refractivity contribution in [2.45, 2.75) is 6.92 Å². The van der Waals surface area contributed by atoms with Crippen LogP contribution < -0.4 is 10.6 Å². The van der Waals surface area contributed by atoms with Crippen molar-refractivity contribution in [3.63, 3.8) is 0 Å². The van der Waals surface area contributed by atoms with E-state index >= 15 is 0 Å². The lowest BCUT2D eigenvalue weighted by atomic mass is 10.1. The Morgan fingerprint density at radius 3 is 2.46 bits per heavy atom. The number of aryl methyl sites for hydroxylation is 1. The number of halogens is 2. The lowest BCUT2D eigenvalue weighted by Crippen LogP contribution is -2.31. The monoisotopic (exact) mass is 362 g/mol. The van der Waals surface area contributed by atoms with Gasteiger partial charge in [-0.05, 0) is 54.5 Å². The summed E-state index contributed by atoms with van der Waals surface area (Å²) in [6, 6.07) is 12.2. The van der Waals surface area contributed by atoms with Crippen molar-refractivity contribution in [2.24, 2.45) is 0 Å². The first kappa shape index (κ1) is 18.0. The minimum atomic E-state index is -0.363. The minimum Gasteiger partial charge on any atom is -0.343 e. The van der Waals surface area contributed by atoms with Crippen molar-refractivity contribution >= 4 is 46.8 Å². The van der Waals surface area contributed by atoms with Gasteiger partial charge in [0.05, 0.1) is 6.54 Å². The van der Waals surface area contributed by atoms with Gasteiger partial charge in [0.15, 0.2) is 0 Å². The number of hydrogen-bond acceptors (Lipinski definition) is 2. The smallest absolute Gasteiger partial charge is 0.244 e. The van der Waals surface area contributed by atoms with Crippen LogP contribution in [-0.2, 0) is 9.59 Å². The van der Waals surface area contributed by atoms with E-state index in [0.29, 0.717) is 15.7 Å². The number of nitrogens with one attached hydrogen (secondary N) is 2. The van der Waals surface area contributed by atoms with Crippen molar-refractivity contribution in [2.75, 3.05) is 11.9 Å². The van der Waals surface area contributed by atoms with Crippen LogP contribution in [0.4, 0.5) is 5.69 Å². The standard InChI is InChI=1S/C18H16Cl2N2O2/c1-12-2-3-13(10-16(12)20)4-9-17(23)21-11-18(24)22-15-7-5-14(19)6-8-15/h2-10H,11H2,1H3,(H,21,23)(H,22,24)/b9-4+. The molecule has 0 unspecified atom stereocenters. The van der Waals surface area contributed by atoms with E-state index in [1.807, 2.05) is 19.1 Å². The van der Waals surface area contributed by atoms with E-state index in [9.17, 15) is 9.59 Å². The Labute approximate surface area is 150 Å². The number of amides is 2. The van der Waals surface area contributed by atoms with Crippen LogP contribution >= 0.6 is 23.2 Å². The highest BCUT2D eigenvalue weighted by Gasteiger charge is 2.04. The van der Waals surface area contributed by atoms with Gasteiger partial charge in [-0.15, -0.1) is 0 Å². The minimum absolute atomic E-state index is 0.125. The molecule has 4 nitrogen and oxygen atoms in total. The maximum Gasteiger partial charge on any atom is 0.244 e. The fraction of sp³-hybridized carbons (Fsp3) is 0.111. The van der Waals surface area contributed by atoms with Gasteiger partial charge in [-0.1, -0.05) is 35.3 Å². The Hall–Kier alpha value is -2.30. The highest BCUT2D eigenvalue weighted by molar-refractivity contribution is 6.31. The molecule has 2 N–H and O–H groups in total. The largest absolute Gasteiger partial charge is 0.343 e. The maximum absolute atomic E-state index is 11.8. The molecule has 0 aliphatic carbocycles. The molecule has 0 atom stereocenters. The van der Waals surface area contributed by atoms with E-state index in [1.165, 1.54) is 6.08 Å². The van der Waals surface area contributed by atoms with Gasteiger partial charge in [0.25, 0.3) is 0 Å². The fourth-order valence-corrected chi connectivity index (χ4v) is 2.16. The molecule has 124 valence electrons. The van der Waals surface area contributed by atoms with Gasteiger partial charge in [-0.2, -0.15) is 0 Å². The summed E-state index contributed by atoms with van der Waals surface area (Å²) in [6.45, 7) is 1.78. The van der Waals surface area contributed by atoms with Gasteiger partial charge in [-0.3, -0.25) is 9.59 Å². The molecule has 2 aromatic carbocycles. The highest BCUT2D eigenvalue weighted by atomic mass is 35.5. The van der Waals surface area contributed by atoms with E-state index in [4.69, 9.17) is 23.2 Å². The molecule has 0 saturated carbocycles. The first-order chi connectivity index (χ1) is 11.4. The van der Waals surface area contributed by atoms with Crippen LogP contribution in [0.15, 0.2) is 48.5 Å². The van der Waals surface area contributed by atoms with Crippen molar-refractivity contribution in [1.82, 2.24) is 5.32 Å². The molecule has 0 aliphatic rings. The Kier molecular flexibility index (Phi) is 6.41. The van der Waals surface area contributed by atoms with E-state index in [2.05, 4.69) is 10.6 Å². The molecule has 0 saturated heterocycles. The second-order valence-corrected chi connectivity index (χ2v) is 5.96. The number of carbonyl (C=O) groups excluding carboxylic acids is 2. The summed E-state index contributed by atoms with van der Waals surface area (Å²) in [4.78, 5) is 23.5. The lowest BCUT2D eigenvalue weighted by molar-refractivity contribution is -0.121. The zero-order chi connectivity index (χ0) is 17.5. The van der Waals surface area contributed by atoms with E-state index in [-0.39, 0.29) is 18.4 Å². The molecule has 0 spiro atoms. The first-order valence-corrected chi connectivity index (χ1v) is 7.97. The second kappa shape index (κ2) is 8.52.